The van der Waals surface area contributed by atoms with Crippen LogP contribution in [0.25, 0.3) is 11.3 Å². The van der Waals surface area contributed by atoms with E-state index in [1.807, 2.05) is 13.0 Å². The zero-order valence-corrected chi connectivity index (χ0v) is 16.1. The monoisotopic (exact) mass is 387 g/mol. The summed E-state index contributed by atoms with van der Waals surface area (Å²) in [7, 11) is 0. The van der Waals surface area contributed by atoms with Gasteiger partial charge in [0.05, 0.1) is 17.5 Å². The summed E-state index contributed by atoms with van der Waals surface area (Å²) in [5.41, 5.74) is 2.36. The predicted molar refractivity (Wildman–Crippen MR) is 104 cm³/mol. The van der Waals surface area contributed by atoms with Gasteiger partial charge in [-0.05, 0) is 37.1 Å². The Bertz CT molecular complexity index is 935. The second-order valence-corrected chi connectivity index (χ2v) is 7.53. The minimum absolute atomic E-state index is 0.0580. The molecule has 0 saturated carbocycles. The third-order valence-corrected chi connectivity index (χ3v) is 5.42. The first-order chi connectivity index (χ1) is 13.0. The molecular weight excluding hydrogens is 365 g/mol. The van der Waals surface area contributed by atoms with Crippen LogP contribution in [0.1, 0.15) is 51.7 Å². The van der Waals surface area contributed by atoms with Gasteiger partial charge in [-0.2, -0.15) is 0 Å². The normalized spacial score (nSPS) is 12.1. The van der Waals surface area contributed by atoms with E-state index >= 15 is 0 Å². The first-order valence-electron chi connectivity index (χ1n) is 8.83. The lowest BCUT2D eigenvalue weighted by Crippen LogP contribution is -2.28. The first kappa shape index (κ1) is 19.3. The van der Waals surface area contributed by atoms with Crippen LogP contribution in [-0.4, -0.2) is 21.0 Å². The number of thiazole rings is 1. The fourth-order valence-corrected chi connectivity index (χ4v) is 3.66. The molecule has 3 N–H and O–H groups in total. The molecule has 0 fully saturated rings. The molecule has 3 rings (SSSR count). The topological polar surface area (TPSA) is 78.0 Å². The smallest absolute Gasteiger partial charge is 0.268 e. The number of hydrogen-bond acceptors (Lipinski definition) is 4. The van der Waals surface area contributed by atoms with Crippen LogP contribution in [0.2, 0.25) is 0 Å². The Hall–Kier alpha value is -2.51. The molecule has 0 aliphatic rings. The van der Waals surface area contributed by atoms with Gasteiger partial charge in [-0.15, -0.1) is 11.3 Å². The molecular formula is C20H22FN3O2S. The minimum Gasteiger partial charge on any atom is -0.391 e. The Morgan fingerprint density at radius 3 is 2.85 bits per heavy atom. The fraction of sp³-hybridized carbons (Fsp3) is 0.300. The second-order valence-electron chi connectivity index (χ2n) is 6.39. The number of hydrogen-bond donors (Lipinski definition) is 3. The molecule has 1 amide bonds. The van der Waals surface area contributed by atoms with Gasteiger partial charge >= 0.3 is 0 Å². The Balaban J connectivity index is 1.76. The Morgan fingerprint density at radius 2 is 2.19 bits per heavy atom. The SMILES string of the molecule is CCCC(NC(=O)c1ccc(-c2ccc(C)c(F)c2)[nH]1)c1ncc(CO)s1. The van der Waals surface area contributed by atoms with Crippen molar-refractivity contribution in [2.45, 2.75) is 39.3 Å². The van der Waals surface area contributed by atoms with E-state index in [4.69, 9.17) is 0 Å². The number of aromatic amines is 1. The zero-order chi connectivity index (χ0) is 19.4. The quantitative estimate of drug-likeness (QED) is 0.564. The molecule has 0 spiro atoms. The number of halogens is 1. The molecule has 7 heteroatoms. The van der Waals surface area contributed by atoms with Crippen LogP contribution in [0.4, 0.5) is 4.39 Å². The van der Waals surface area contributed by atoms with Crippen LogP contribution in [0.5, 0.6) is 0 Å². The molecule has 1 aromatic carbocycles. The van der Waals surface area contributed by atoms with E-state index < -0.39 is 0 Å². The number of nitrogens with one attached hydrogen (secondary N) is 2. The van der Waals surface area contributed by atoms with Crippen molar-refractivity contribution in [3.63, 3.8) is 0 Å². The number of aromatic nitrogens is 2. The summed E-state index contributed by atoms with van der Waals surface area (Å²) >= 11 is 1.40. The van der Waals surface area contributed by atoms with Crippen molar-refractivity contribution >= 4 is 17.2 Å². The molecule has 0 radical (unpaired) electrons. The molecule has 1 atom stereocenters. The second kappa shape index (κ2) is 8.45. The first-order valence-corrected chi connectivity index (χ1v) is 9.65. The lowest BCUT2D eigenvalue weighted by Gasteiger charge is -2.15. The summed E-state index contributed by atoms with van der Waals surface area (Å²) < 4.78 is 13.8. The molecule has 5 nitrogen and oxygen atoms in total. The average Bonchev–Trinajstić information content (AvgIpc) is 3.33. The number of amides is 1. The van der Waals surface area contributed by atoms with E-state index in [1.165, 1.54) is 17.4 Å². The number of carbonyl (C=O) groups excluding carboxylic acids is 1. The maximum atomic E-state index is 13.8. The number of benzene rings is 1. The number of carbonyl (C=O) groups is 1. The summed E-state index contributed by atoms with van der Waals surface area (Å²) in [6, 6.07) is 8.22. The number of aliphatic hydroxyl groups excluding tert-OH is 1. The molecule has 0 aliphatic heterocycles. The summed E-state index contributed by atoms with van der Waals surface area (Å²) in [5, 5.41) is 13.0. The highest BCUT2D eigenvalue weighted by Gasteiger charge is 2.19. The summed E-state index contributed by atoms with van der Waals surface area (Å²) in [4.78, 5) is 20.8. The van der Waals surface area contributed by atoms with E-state index in [9.17, 15) is 14.3 Å². The van der Waals surface area contributed by atoms with Crippen LogP contribution in [0.15, 0.2) is 36.5 Å². The third-order valence-electron chi connectivity index (χ3n) is 4.32. The van der Waals surface area contributed by atoms with Crippen molar-refractivity contribution in [2.24, 2.45) is 0 Å². The highest BCUT2D eigenvalue weighted by Crippen LogP contribution is 2.25. The standard InChI is InChI=1S/C20H22FN3O2S/c1-3-4-18(20-22-10-14(11-25)27-20)24-19(26)17-8-7-16(23-17)13-6-5-12(2)15(21)9-13/h5-10,18,23,25H,3-4,11H2,1-2H3,(H,24,26). The fourth-order valence-electron chi connectivity index (χ4n) is 2.80. The van der Waals surface area contributed by atoms with Crippen molar-refractivity contribution in [1.82, 2.24) is 15.3 Å². The van der Waals surface area contributed by atoms with E-state index in [2.05, 4.69) is 15.3 Å². The number of nitrogens with zero attached hydrogens (tertiary/aromatic N) is 1. The van der Waals surface area contributed by atoms with E-state index in [1.54, 1.807) is 31.3 Å². The lowest BCUT2D eigenvalue weighted by molar-refractivity contribution is 0.0930. The van der Waals surface area contributed by atoms with Crippen molar-refractivity contribution in [3.05, 3.63) is 63.5 Å². The average molecular weight is 387 g/mol. The largest absolute Gasteiger partial charge is 0.391 e. The maximum Gasteiger partial charge on any atom is 0.268 e. The van der Waals surface area contributed by atoms with Gasteiger partial charge in [-0.25, -0.2) is 9.37 Å². The number of H-pyrrole nitrogens is 1. The van der Waals surface area contributed by atoms with Crippen molar-refractivity contribution in [1.29, 1.82) is 0 Å². The molecule has 27 heavy (non-hydrogen) atoms. The van der Waals surface area contributed by atoms with Crippen LogP contribution in [0.3, 0.4) is 0 Å². The van der Waals surface area contributed by atoms with Gasteiger partial charge < -0.3 is 15.4 Å². The van der Waals surface area contributed by atoms with Gasteiger partial charge in [-0.1, -0.05) is 25.5 Å². The van der Waals surface area contributed by atoms with Crippen LogP contribution in [-0.2, 0) is 6.61 Å². The minimum atomic E-state index is -0.278. The van der Waals surface area contributed by atoms with Gasteiger partial charge in [0.25, 0.3) is 5.91 Å². The van der Waals surface area contributed by atoms with Crippen molar-refractivity contribution in [3.8, 4) is 11.3 Å². The van der Waals surface area contributed by atoms with Gasteiger partial charge in [0.1, 0.15) is 16.5 Å². The van der Waals surface area contributed by atoms with Gasteiger partial charge in [0.2, 0.25) is 0 Å². The molecule has 0 bridgehead atoms. The Kier molecular flexibility index (Phi) is 6.03. The molecule has 1 unspecified atom stereocenters. The molecule has 2 aromatic heterocycles. The van der Waals surface area contributed by atoms with Gasteiger partial charge in [0.15, 0.2) is 0 Å². The van der Waals surface area contributed by atoms with Crippen LogP contribution in [0, 0.1) is 12.7 Å². The summed E-state index contributed by atoms with van der Waals surface area (Å²) in [5.74, 6) is -0.521. The molecule has 3 aromatic rings. The summed E-state index contributed by atoms with van der Waals surface area (Å²) in [6.45, 7) is 3.69. The van der Waals surface area contributed by atoms with Gasteiger partial charge in [0, 0.05) is 17.5 Å². The van der Waals surface area contributed by atoms with E-state index in [0.29, 0.717) is 22.5 Å². The highest BCUT2D eigenvalue weighted by molar-refractivity contribution is 7.11. The van der Waals surface area contributed by atoms with E-state index in [0.717, 1.165) is 22.7 Å². The molecule has 0 aliphatic carbocycles. The summed E-state index contributed by atoms with van der Waals surface area (Å²) in [6.07, 6.45) is 3.27. The predicted octanol–water partition coefficient (Wildman–Crippen LogP) is 4.35. The third kappa shape index (κ3) is 4.43. The van der Waals surface area contributed by atoms with Crippen LogP contribution < -0.4 is 5.32 Å². The van der Waals surface area contributed by atoms with Crippen molar-refractivity contribution < 1.29 is 14.3 Å². The van der Waals surface area contributed by atoms with Crippen LogP contribution >= 0.6 is 11.3 Å². The highest BCUT2D eigenvalue weighted by atomic mass is 32.1. The maximum absolute atomic E-state index is 13.8. The zero-order valence-electron chi connectivity index (χ0n) is 15.3. The molecule has 0 saturated heterocycles. The van der Waals surface area contributed by atoms with Gasteiger partial charge in [-0.3, -0.25) is 4.79 Å². The van der Waals surface area contributed by atoms with E-state index in [-0.39, 0.29) is 24.4 Å². The Labute approximate surface area is 161 Å². The number of rotatable bonds is 7. The Morgan fingerprint density at radius 1 is 1.37 bits per heavy atom. The number of aliphatic hydroxyl groups is 1. The van der Waals surface area contributed by atoms with Crippen molar-refractivity contribution in [2.75, 3.05) is 0 Å². The molecule has 2 heterocycles. The number of aryl methyl sites for hydroxylation is 1. The molecule has 142 valence electrons. The lowest BCUT2D eigenvalue weighted by atomic mass is 10.1.